The zero-order valence-electron chi connectivity index (χ0n) is 10.1. The highest BCUT2D eigenvalue weighted by molar-refractivity contribution is 9.09. The molecule has 2 rings (SSSR count). The lowest BCUT2D eigenvalue weighted by molar-refractivity contribution is 0.0379. The number of alkyl halides is 1. The monoisotopic (exact) mass is 303 g/mol. The molecule has 18 heavy (non-hydrogen) atoms. The van der Waals surface area contributed by atoms with E-state index in [0.717, 1.165) is 11.1 Å². The third-order valence-corrected chi connectivity index (χ3v) is 4.45. The minimum absolute atomic E-state index is 0.175. The summed E-state index contributed by atoms with van der Waals surface area (Å²) < 4.78 is 0. The maximum atomic E-state index is 10.9. The van der Waals surface area contributed by atoms with E-state index in [2.05, 4.69) is 22.9 Å². The topological polar surface area (TPSA) is 20.2 Å². The third-order valence-electron chi connectivity index (χ3n) is 3.17. The number of aliphatic hydroxyl groups is 1. The van der Waals surface area contributed by atoms with Crippen LogP contribution in [0.4, 0.5) is 0 Å². The van der Waals surface area contributed by atoms with Crippen LogP contribution in [0, 0.1) is 6.92 Å². The molecule has 1 N–H and O–H groups in total. The molecule has 2 aromatic carbocycles. The zero-order valence-corrected chi connectivity index (χ0v) is 11.7. The van der Waals surface area contributed by atoms with Gasteiger partial charge in [0.1, 0.15) is 5.60 Å². The Morgan fingerprint density at radius 3 is 2.00 bits per heavy atom. The van der Waals surface area contributed by atoms with Gasteiger partial charge in [-0.3, -0.25) is 0 Å². The van der Waals surface area contributed by atoms with Crippen molar-refractivity contribution in [1.29, 1.82) is 0 Å². The summed E-state index contributed by atoms with van der Waals surface area (Å²) in [6.45, 7) is 3.90. The Hall–Kier alpha value is -1.12. The van der Waals surface area contributed by atoms with Crippen molar-refractivity contribution < 1.29 is 5.11 Å². The number of rotatable bonds is 4. The summed E-state index contributed by atoms with van der Waals surface area (Å²) in [7, 11) is 0. The fourth-order valence-corrected chi connectivity index (χ4v) is 2.84. The van der Waals surface area contributed by atoms with E-state index >= 15 is 0 Å². The molecule has 1 nitrogen and oxygen atoms in total. The Kier molecular flexibility index (Phi) is 4.20. The molecule has 0 bridgehead atoms. The summed E-state index contributed by atoms with van der Waals surface area (Å²) in [4.78, 5) is -0.175. The van der Waals surface area contributed by atoms with E-state index in [1.807, 2.05) is 60.7 Å². The van der Waals surface area contributed by atoms with Crippen molar-refractivity contribution in [2.45, 2.75) is 16.8 Å². The highest BCUT2D eigenvalue weighted by Gasteiger charge is 2.36. The van der Waals surface area contributed by atoms with Crippen LogP contribution >= 0.6 is 15.9 Å². The predicted octanol–water partition coefficient (Wildman–Crippen LogP) is 4.23. The van der Waals surface area contributed by atoms with E-state index in [9.17, 15) is 5.11 Å². The molecule has 0 spiro atoms. The zero-order chi connectivity index (χ0) is 13.0. The maximum Gasteiger partial charge on any atom is 0.106 e. The van der Waals surface area contributed by atoms with E-state index in [-0.39, 0.29) is 4.83 Å². The molecule has 0 saturated carbocycles. The summed E-state index contributed by atoms with van der Waals surface area (Å²) in [5.74, 6) is 0. The third kappa shape index (κ3) is 2.50. The molecule has 0 fully saturated rings. The van der Waals surface area contributed by atoms with Crippen LogP contribution < -0.4 is 0 Å². The first-order valence-electron chi connectivity index (χ1n) is 5.94. The summed E-state index contributed by atoms with van der Waals surface area (Å²) in [5, 5.41) is 10.9. The number of benzene rings is 2. The second-order valence-electron chi connectivity index (χ2n) is 4.31. The molecule has 2 atom stereocenters. The van der Waals surface area contributed by atoms with Crippen LogP contribution in [0.3, 0.4) is 0 Å². The molecule has 0 amide bonds. The fraction of sp³-hybridized carbons (Fsp3) is 0.188. The number of hydrogen-bond donors (Lipinski definition) is 1. The van der Waals surface area contributed by atoms with Crippen LogP contribution in [0.25, 0.3) is 0 Å². The summed E-state index contributed by atoms with van der Waals surface area (Å²) in [5.41, 5.74) is 0.932. The van der Waals surface area contributed by atoms with Gasteiger partial charge in [0.2, 0.25) is 0 Å². The highest BCUT2D eigenvalue weighted by Crippen LogP contribution is 2.43. The first-order valence-corrected chi connectivity index (χ1v) is 6.86. The molecule has 0 heterocycles. The molecule has 93 valence electrons. The second-order valence-corrected chi connectivity index (χ2v) is 5.23. The predicted molar refractivity (Wildman–Crippen MR) is 78.4 cm³/mol. The summed E-state index contributed by atoms with van der Waals surface area (Å²) in [6, 6.07) is 19.6. The van der Waals surface area contributed by atoms with Crippen molar-refractivity contribution in [3.8, 4) is 0 Å². The Balaban J connectivity index is 2.39. The van der Waals surface area contributed by atoms with Crippen molar-refractivity contribution in [3.63, 3.8) is 0 Å². The maximum absolute atomic E-state index is 10.9. The van der Waals surface area contributed by atoms with Crippen LogP contribution in [0.5, 0.6) is 0 Å². The van der Waals surface area contributed by atoms with Gasteiger partial charge in [0.25, 0.3) is 0 Å². The average Bonchev–Trinajstić information content (AvgIpc) is 2.47. The highest BCUT2D eigenvalue weighted by atomic mass is 79.9. The Morgan fingerprint density at radius 1 is 1.00 bits per heavy atom. The van der Waals surface area contributed by atoms with E-state index in [1.165, 1.54) is 0 Å². The summed E-state index contributed by atoms with van der Waals surface area (Å²) in [6.07, 6.45) is 0.405. The molecule has 1 radical (unpaired) electrons. The van der Waals surface area contributed by atoms with Gasteiger partial charge in [-0.1, -0.05) is 83.5 Å². The van der Waals surface area contributed by atoms with Gasteiger partial charge in [-0.05, 0) is 17.5 Å². The number of halogens is 1. The molecular formula is C16H16BrO. The quantitative estimate of drug-likeness (QED) is 0.838. The normalized spacial score (nSPS) is 15.9. The van der Waals surface area contributed by atoms with Gasteiger partial charge < -0.3 is 5.11 Å². The minimum Gasteiger partial charge on any atom is -0.384 e. The first kappa shape index (κ1) is 13.3. The molecule has 2 unspecified atom stereocenters. The van der Waals surface area contributed by atoms with Crippen LogP contribution in [0.2, 0.25) is 0 Å². The smallest absolute Gasteiger partial charge is 0.106 e. The fourth-order valence-electron chi connectivity index (χ4n) is 2.04. The molecule has 0 aliphatic rings. The van der Waals surface area contributed by atoms with Crippen LogP contribution in [-0.4, -0.2) is 5.11 Å². The minimum atomic E-state index is -0.997. The van der Waals surface area contributed by atoms with Crippen LogP contribution in [0.15, 0.2) is 60.7 Å². The van der Waals surface area contributed by atoms with Crippen molar-refractivity contribution in [2.24, 2.45) is 0 Å². The van der Waals surface area contributed by atoms with E-state index < -0.39 is 5.60 Å². The Morgan fingerprint density at radius 2 is 1.50 bits per heavy atom. The SMILES string of the molecule is [CH2]CC(O)(c1ccccc1)C(Br)c1ccccc1. The van der Waals surface area contributed by atoms with Gasteiger partial charge in [-0.2, -0.15) is 0 Å². The van der Waals surface area contributed by atoms with Gasteiger partial charge in [0.05, 0.1) is 4.83 Å². The van der Waals surface area contributed by atoms with Crippen LogP contribution in [0.1, 0.15) is 22.4 Å². The van der Waals surface area contributed by atoms with E-state index in [1.54, 1.807) is 0 Å². The standard InChI is InChI=1S/C16H16BrO/c1-2-16(18,14-11-7-4-8-12-14)15(17)13-9-5-3-6-10-13/h3-12,15,18H,1-2H2. The summed E-state index contributed by atoms with van der Waals surface area (Å²) >= 11 is 3.62. The lowest BCUT2D eigenvalue weighted by atomic mass is 9.85. The second kappa shape index (κ2) is 5.68. The largest absolute Gasteiger partial charge is 0.384 e. The van der Waals surface area contributed by atoms with Crippen LogP contribution in [-0.2, 0) is 5.60 Å². The van der Waals surface area contributed by atoms with E-state index in [0.29, 0.717) is 6.42 Å². The average molecular weight is 304 g/mol. The Labute approximate surface area is 117 Å². The molecule has 0 aliphatic heterocycles. The van der Waals surface area contributed by atoms with Crippen molar-refractivity contribution in [2.75, 3.05) is 0 Å². The first-order chi connectivity index (χ1) is 8.68. The molecule has 2 heteroatoms. The molecule has 0 saturated heterocycles. The molecule has 2 aromatic rings. The lowest BCUT2D eigenvalue weighted by Crippen LogP contribution is -2.29. The van der Waals surface area contributed by atoms with Gasteiger partial charge in [0.15, 0.2) is 0 Å². The molecular weight excluding hydrogens is 288 g/mol. The Bertz CT molecular complexity index is 483. The van der Waals surface area contributed by atoms with Gasteiger partial charge in [-0.25, -0.2) is 0 Å². The molecule has 0 aromatic heterocycles. The van der Waals surface area contributed by atoms with E-state index in [4.69, 9.17) is 0 Å². The van der Waals surface area contributed by atoms with Gasteiger partial charge in [0, 0.05) is 0 Å². The van der Waals surface area contributed by atoms with Crippen molar-refractivity contribution >= 4 is 15.9 Å². The van der Waals surface area contributed by atoms with Crippen molar-refractivity contribution in [1.82, 2.24) is 0 Å². The molecule has 0 aliphatic carbocycles. The van der Waals surface area contributed by atoms with Gasteiger partial charge in [-0.15, -0.1) is 0 Å². The van der Waals surface area contributed by atoms with Gasteiger partial charge >= 0.3 is 0 Å². The lowest BCUT2D eigenvalue weighted by Gasteiger charge is -2.32. The van der Waals surface area contributed by atoms with Crippen molar-refractivity contribution in [3.05, 3.63) is 78.7 Å². The number of hydrogen-bond acceptors (Lipinski definition) is 1.